The van der Waals surface area contributed by atoms with Gasteiger partial charge in [0.1, 0.15) is 5.82 Å². The highest BCUT2D eigenvalue weighted by atomic mass is 32.2. The van der Waals surface area contributed by atoms with Crippen LogP contribution < -0.4 is 0 Å². The molecule has 2 aromatic carbocycles. The van der Waals surface area contributed by atoms with E-state index in [0.29, 0.717) is 11.7 Å². The molecule has 6 heteroatoms. The van der Waals surface area contributed by atoms with Crippen LogP contribution >= 0.6 is 0 Å². The van der Waals surface area contributed by atoms with E-state index in [9.17, 15) is 8.60 Å². The molecule has 0 saturated heterocycles. The predicted molar refractivity (Wildman–Crippen MR) is 91.1 cm³/mol. The lowest BCUT2D eigenvalue weighted by Gasteiger charge is -2.10. The Kier molecular flexibility index (Phi) is 4.85. The van der Waals surface area contributed by atoms with Crippen LogP contribution in [-0.2, 0) is 16.6 Å². The molecule has 0 N–H and O–H groups in total. The topological polar surface area (TPSA) is 56.0 Å². The number of hydrogen-bond acceptors (Lipinski definition) is 4. The van der Waals surface area contributed by atoms with Gasteiger partial charge in [-0.3, -0.25) is 4.21 Å². The molecule has 4 nitrogen and oxygen atoms in total. The summed E-state index contributed by atoms with van der Waals surface area (Å²) >= 11 is 0. The fourth-order valence-electron chi connectivity index (χ4n) is 2.37. The summed E-state index contributed by atoms with van der Waals surface area (Å²) in [7, 11) is -1.23. The molecule has 1 heterocycles. The minimum atomic E-state index is -1.23. The zero-order chi connectivity index (χ0) is 17.1. The highest BCUT2D eigenvalue weighted by Crippen LogP contribution is 2.24. The van der Waals surface area contributed by atoms with E-state index in [1.807, 2.05) is 38.1 Å². The maximum Gasteiger partial charge on any atom is 0.258 e. The zero-order valence-electron chi connectivity index (χ0n) is 13.4. The van der Waals surface area contributed by atoms with Crippen LogP contribution in [0.3, 0.4) is 0 Å². The van der Waals surface area contributed by atoms with E-state index in [0.717, 1.165) is 16.7 Å². The Labute approximate surface area is 142 Å². The van der Waals surface area contributed by atoms with Crippen molar-refractivity contribution < 1.29 is 13.1 Å². The fraction of sp³-hybridized carbons (Fsp3) is 0.222. The number of nitrogens with zero attached hydrogens (tertiary/aromatic N) is 2. The van der Waals surface area contributed by atoms with Crippen molar-refractivity contribution in [3.05, 3.63) is 71.3 Å². The van der Waals surface area contributed by atoms with Gasteiger partial charge in [0.25, 0.3) is 5.89 Å². The van der Waals surface area contributed by atoms with Gasteiger partial charge in [0, 0.05) is 16.4 Å². The Morgan fingerprint density at radius 1 is 1.17 bits per heavy atom. The molecular weight excluding hydrogens is 327 g/mol. The van der Waals surface area contributed by atoms with Crippen LogP contribution in [0.5, 0.6) is 0 Å². The first-order valence-electron chi connectivity index (χ1n) is 7.56. The van der Waals surface area contributed by atoms with E-state index in [-0.39, 0.29) is 16.8 Å². The van der Waals surface area contributed by atoms with Crippen molar-refractivity contribution in [3.8, 4) is 11.5 Å². The van der Waals surface area contributed by atoms with Crippen molar-refractivity contribution >= 4 is 10.8 Å². The van der Waals surface area contributed by atoms with Gasteiger partial charge in [-0.05, 0) is 43.2 Å². The third kappa shape index (κ3) is 3.59. The summed E-state index contributed by atoms with van der Waals surface area (Å²) in [6, 6.07) is 13.7. The molecule has 0 unspecified atom stereocenters. The summed E-state index contributed by atoms with van der Waals surface area (Å²) in [5.74, 6) is 0.710. The summed E-state index contributed by atoms with van der Waals surface area (Å²) in [6.45, 7) is 3.81. The highest BCUT2D eigenvalue weighted by molar-refractivity contribution is 7.84. The molecule has 0 aliphatic rings. The Balaban J connectivity index is 1.73. The lowest BCUT2D eigenvalue weighted by molar-refractivity contribution is 0.424. The van der Waals surface area contributed by atoms with Crippen molar-refractivity contribution in [2.24, 2.45) is 0 Å². The average molecular weight is 344 g/mol. The number of aryl methyl sites for hydroxylation is 1. The summed E-state index contributed by atoms with van der Waals surface area (Å²) in [4.78, 5) is 4.34. The van der Waals surface area contributed by atoms with Gasteiger partial charge < -0.3 is 4.52 Å². The van der Waals surface area contributed by atoms with Crippen LogP contribution in [0.15, 0.2) is 53.1 Å². The minimum absolute atomic E-state index is 0.188. The molecule has 0 fully saturated rings. The van der Waals surface area contributed by atoms with E-state index >= 15 is 0 Å². The van der Waals surface area contributed by atoms with Crippen LogP contribution in [0.25, 0.3) is 11.5 Å². The highest BCUT2D eigenvalue weighted by Gasteiger charge is 2.18. The summed E-state index contributed by atoms with van der Waals surface area (Å²) < 4.78 is 30.8. The monoisotopic (exact) mass is 344 g/mol. The molecule has 3 aromatic rings. The van der Waals surface area contributed by atoms with E-state index in [1.165, 1.54) is 12.1 Å². The normalized spacial score (nSPS) is 13.6. The molecule has 24 heavy (non-hydrogen) atoms. The van der Waals surface area contributed by atoms with Crippen LogP contribution in [0, 0.1) is 12.7 Å². The molecule has 2 atom stereocenters. The largest absolute Gasteiger partial charge is 0.334 e. The lowest BCUT2D eigenvalue weighted by Crippen LogP contribution is -2.06. The fourth-order valence-corrected chi connectivity index (χ4v) is 3.46. The zero-order valence-corrected chi connectivity index (χ0v) is 14.2. The smallest absolute Gasteiger partial charge is 0.258 e. The number of halogens is 1. The van der Waals surface area contributed by atoms with Crippen LogP contribution in [0.4, 0.5) is 4.39 Å². The van der Waals surface area contributed by atoms with Crippen LogP contribution in [0.2, 0.25) is 0 Å². The summed E-state index contributed by atoms with van der Waals surface area (Å²) in [6.07, 6.45) is 0. The van der Waals surface area contributed by atoms with Crippen molar-refractivity contribution in [2.75, 3.05) is 0 Å². The molecule has 0 bridgehead atoms. The molecule has 3 rings (SSSR count). The maximum absolute atomic E-state index is 13.0. The Morgan fingerprint density at radius 3 is 2.58 bits per heavy atom. The Morgan fingerprint density at radius 2 is 1.88 bits per heavy atom. The van der Waals surface area contributed by atoms with E-state index in [2.05, 4.69) is 10.1 Å². The van der Waals surface area contributed by atoms with Crippen molar-refractivity contribution in [3.63, 3.8) is 0 Å². The first kappa shape index (κ1) is 16.5. The van der Waals surface area contributed by atoms with Gasteiger partial charge >= 0.3 is 0 Å². The number of rotatable bonds is 5. The maximum atomic E-state index is 13.0. The van der Waals surface area contributed by atoms with Gasteiger partial charge in [-0.1, -0.05) is 35.5 Å². The second-order valence-corrected chi connectivity index (χ2v) is 7.31. The van der Waals surface area contributed by atoms with Gasteiger partial charge in [-0.25, -0.2) is 4.39 Å². The number of benzene rings is 2. The summed E-state index contributed by atoms with van der Waals surface area (Å²) in [5, 5.41) is 3.68. The molecule has 124 valence electrons. The van der Waals surface area contributed by atoms with Gasteiger partial charge in [-0.15, -0.1) is 0 Å². The molecule has 0 saturated carbocycles. The van der Waals surface area contributed by atoms with Gasteiger partial charge in [-0.2, -0.15) is 4.98 Å². The summed E-state index contributed by atoms with van der Waals surface area (Å²) in [5.41, 5.74) is 2.72. The molecular formula is C18H17FN2O2S. The average Bonchev–Trinajstić information content (AvgIpc) is 3.03. The molecule has 1 aromatic heterocycles. The van der Waals surface area contributed by atoms with Crippen molar-refractivity contribution in [1.82, 2.24) is 10.1 Å². The van der Waals surface area contributed by atoms with Gasteiger partial charge in [0.05, 0.1) is 11.0 Å². The number of aromatic nitrogens is 2. The minimum Gasteiger partial charge on any atom is -0.334 e. The number of hydrogen-bond donors (Lipinski definition) is 0. The van der Waals surface area contributed by atoms with E-state index in [1.54, 1.807) is 12.1 Å². The quantitative estimate of drug-likeness (QED) is 0.696. The third-order valence-electron chi connectivity index (χ3n) is 3.85. The molecule has 0 aliphatic heterocycles. The van der Waals surface area contributed by atoms with Gasteiger partial charge in [0.15, 0.2) is 5.82 Å². The second kappa shape index (κ2) is 7.05. The lowest BCUT2D eigenvalue weighted by atomic mass is 10.1. The molecule has 0 aliphatic carbocycles. The third-order valence-corrected chi connectivity index (χ3v) is 5.45. The molecule has 0 radical (unpaired) electrons. The first-order chi connectivity index (χ1) is 11.5. The standard InChI is InChI=1S/C18H17FN2O2S/c1-12-5-3-4-6-16(12)18-20-17(21-23-18)11-24(22)13(2)14-7-9-15(19)10-8-14/h3-10,13H,11H2,1-2H3/t13-,24+/m1/s1. The van der Waals surface area contributed by atoms with Gasteiger partial charge in [0.2, 0.25) is 0 Å². The van der Waals surface area contributed by atoms with E-state index in [4.69, 9.17) is 4.52 Å². The van der Waals surface area contributed by atoms with Crippen LogP contribution in [0.1, 0.15) is 29.1 Å². The van der Waals surface area contributed by atoms with Crippen molar-refractivity contribution in [2.45, 2.75) is 24.9 Å². The second-order valence-electron chi connectivity index (χ2n) is 5.55. The van der Waals surface area contributed by atoms with E-state index < -0.39 is 10.8 Å². The Hall–Kier alpha value is -2.34. The predicted octanol–water partition coefficient (Wildman–Crippen LogP) is 4.19. The van der Waals surface area contributed by atoms with Crippen molar-refractivity contribution in [1.29, 1.82) is 0 Å². The van der Waals surface area contributed by atoms with Crippen LogP contribution in [-0.4, -0.2) is 14.3 Å². The SMILES string of the molecule is Cc1ccccc1-c1nc(C[S@](=O)[C@H](C)c2ccc(F)cc2)no1. The molecule has 0 amide bonds. The first-order valence-corrected chi connectivity index (χ1v) is 8.94. The Bertz CT molecular complexity index is 861. The molecule has 0 spiro atoms.